The van der Waals surface area contributed by atoms with Gasteiger partial charge in [-0.3, -0.25) is 4.90 Å². The molecule has 0 saturated heterocycles. The van der Waals surface area contributed by atoms with E-state index in [-0.39, 0.29) is 18.5 Å². The number of aliphatic hydroxyl groups is 1. The maximum absolute atomic E-state index is 10.5. The quantitative estimate of drug-likeness (QED) is 0.711. The van der Waals surface area contributed by atoms with E-state index in [1.165, 1.54) is 22.2 Å². The highest BCUT2D eigenvalue weighted by Gasteiger charge is 2.29. The van der Waals surface area contributed by atoms with Crippen LogP contribution in [0.3, 0.4) is 0 Å². The van der Waals surface area contributed by atoms with Crippen LogP contribution in [0.4, 0.5) is 0 Å². The zero-order valence-electron chi connectivity index (χ0n) is 12.9. The van der Waals surface area contributed by atoms with Gasteiger partial charge in [-0.2, -0.15) is 9.61 Å². The number of benzene rings is 1. The minimum absolute atomic E-state index is 0.0175. The van der Waals surface area contributed by atoms with Crippen LogP contribution in [0.1, 0.15) is 16.5 Å². The van der Waals surface area contributed by atoms with Gasteiger partial charge < -0.3 is 14.9 Å². The molecule has 0 fully saturated rings. The summed E-state index contributed by atoms with van der Waals surface area (Å²) in [5, 5.41) is 23.9. The minimum atomic E-state index is -0.271. The molecule has 2 heterocycles. The summed E-state index contributed by atoms with van der Waals surface area (Å²) in [6.07, 6.45) is 1.41. The molecule has 0 aliphatic rings. The molecule has 2 aromatic heterocycles. The second-order valence-corrected chi connectivity index (χ2v) is 6.10. The molecule has 7 nitrogen and oxygen atoms in total. The lowest BCUT2D eigenvalue weighted by atomic mass is 10.0. The Kier molecular flexibility index (Phi) is 4.46. The molecule has 0 aliphatic heterocycles. The fraction of sp³-hybridized carbons (Fsp3) is 0.333. The summed E-state index contributed by atoms with van der Waals surface area (Å²) in [5.74, 6) is 0.781. The fourth-order valence-electron chi connectivity index (χ4n) is 2.63. The van der Waals surface area contributed by atoms with Crippen LogP contribution in [0, 0.1) is 0 Å². The van der Waals surface area contributed by atoms with Crippen molar-refractivity contribution in [3.63, 3.8) is 0 Å². The van der Waals surface area contributed by atoms with Crippen LogP contribution < -0.4 is 4.74 Å². The number of ether oxygens (including phenoxy) is 1. The normalized spacial score (nSPS) is 12.9. The molecule has 0 spiro atoms. The summed E-state index contributed by atoms with van der Waals surface area (Å²) >= 11 is 1.37. The van der Waals surface area contributed by atoms with Gasteiger partial charge in [0.2, 0.25) is 10.8 Å². The summed E-state index contributed by atoms with van der Waals surface area (Å²) in [4.78, 5) is 7.43. The summed E-state index contributed by atoms with van der Waals surface area (Å²) in [7, 11) is 3.51. The van der Waals surface area contributed by atoms with Crippen molar-refractivity contribution in [1.82, 2.24) is 19.5 Å². The SMILES string of the molecule is COc1ccccc1C(c1sc2ncnn2c1O)N(C)CCO. The molecule has 122 valence electrons. The standard InChI is InChI=1S/C15H18N4O3S/c1-18(7-8-20)12(10-5-3-4-6-11(10)22-2)13-14(21)19-15(23-13)16-9-17-19/h3-6,9,12,20-21H,7-8H2,1-2H3. The zero-order valence-corrected chi connectivity index (χ0v) is 13.7. The van der Waals surface area contributed by atoms with Crippen molar-refractivity contribution in [3.05, 3.63) is 41.0 Å². The number of aromatic hydroxyl groups is 1. The van der Waals surface area contributed by atoms with E-state index in [1.54, 1.807) is 7.11 Å². The Balaban J connectivity index is 2.15. The van der Waals surface area contributed by atoms with Crippen LogP contribution in [0.25, 0.3) is 4.96 Å². The molecule has 2 N–H and O–H groups in total. The molecule has 1 atom stereocenters. The first-order chi connectivity index (χ1) is 11.2. The molecule has 1 unspecified atom stereocenters. The van der Waals surface area contributed by atoms with Crippen molar-refractivity contribution in [1.29, 1.82) is 0 Å². The Bertz CT molecular complexity index is 801. The maximum Gasteiger partial charge on any atom is 0.230 e. The number of thiazole rings is 1. The van der Waals surface area contributed by atoms with Crippen molar-refractivity contribution < 1.29 is 14.9 Å². The van der Waals surface area contributed by atoms with E-state index in [2.05, 4.69) is 10.1 Å². The number of likely N-dealkylation sites (N-methyl/N-ethyl adjacent to an activating group) is 1. The monoisotopic (exact) mass is 334 g/mol. The Hall–Kier alpha value is -2.16. The second-order valence-electron chi connectivity index (χ2n) is 5.09. The average molecular weight is 334 g/mol. The highest BCUT2D eigenvalue weighted by molar-refractivity contribution is 7.17. The number of rotatable bonds is 6. The molecule has 3 aromatic rings. The van der Waals surface area contributed by atoms with E-state index >= 15 is 0 Å². The van der Waals surface area contributed by atoms with Crippen molar-refractivity contribution >= 4 is 16.3 Å². The number of hydrogen-bond donors (Lipinski definition) is 2. The number of nitrogens with zero attached hydrogens (tertiary/aromatic N) is 4. The summed E-state index contributed by atoms with van der Waals surface area (Å²) in [6, 6.07) is 7.38. The van der Waals surface area contributed by atoms with Crippen molar-refractivity contribution in [2.45, 2.75) is 6.04 Å². The Morgan fingerprint density at radius 3 is 2.87 bits per heavy atom. The molecule has 3 rings (SSSR count). The van der Waals surface area contributed by atoms with Crippen molar-refractivity contribution in [2.75, 3.05) is 27.3 Å². The van der Waals surface area contributed by atoms with Crippen molar-refractivity contribution in [2.24, 2.45) is 0 Å². The Morgan fingerprint density at radius 2 is 2.17 bits per heavy atom. The largest absolute Gasteiger partial charge is 0.496 e. The zero-order chi connectivity index (χ0) is 16.4. The summed E-state index contributed by atoms with van der Waals surface area (Å²) in [6.45, 7) is 0.472. The molecular weight excluding hydrogens is 316 g/mol. The molecule has 23 heavy (non-hydrogen) atoms. The first kappa shape index (κ1) is 15.7. The average Bonchev–Trinajstić information content (AvgIpc) is 3.13. The molecular formula is C15H18N4O3S. The minimum Gasteiger partial charge on any atom is -0.496 e. The molecule has 0 amide bonds. The molecule has 0 saturated carbocycles. The van der Waals surface area contributed by atoms with E-state index in [1.807, 2.05) is 36.2 Å². The van der Waals surface area contributed by atoms with E-state index in [4.69, 9.17) is 4.74 Å². The number of aliphatic hydroxyl groups excluding tert-OH is 1. The maximum atomic E-state index is 10.5. The van der Waals surface area contributed by atoms with E-state index < -0.39 is 0 Å². The number of hydrogen-bond acceptors (Lipinski definition) is 7. The third kappa shape index (κ3) is 2.76. The molecule has 1 aromatic carbocycles. The Morgan fingerprint density at radius 1 is 1.39 bits per heavy atom. The summed E-state index contributed by atoms with van der Waals surface area (Å²) in [5.41, 5.74) is 0.908. The lowest BCUT2D eigenvalue weighted by molar-refractivity contribution is 0.194. The molecule has 0 bridgehead atoms. The van der Waals surface area contributed by atoms with Gasteiger partial charge in [-0.15, -0.1) is 0 Å². The van der Waals surface area contributed by atoms with E-state index in [0.717, 1.165) is 11.3 Å². The third-order valence-corrected chi connectivity index (χ3v) is 4.80. The first-order valence-corrected chi connectivity index (χ1v) is 7.94. The Labute approximate surface area is 137 Å². The van der Waals surface area contributed by atoms with Crippen LogP contribution in [-0.2, 0) is 0 Å². The lowest BCUT2D eigenvalue weighted by Gasteiger charge is -2.28. The van der Waals surface area contributed by atoms with Crippen LogP contribution in [0.2, 0.25) is 0 Å². The van der Waals surface area contributed by atoms with Gasteiger partial charge >= 0.3 is 0 Å². The van der Waals surface area contributed by atoms with Crippen LogP contribution >= 0.6 is 11.3 Å². The van der Waals surface area contributed by atoms with Crippen LogP contribution in [0.5, 0.6) is 11.6 Å². The number of methoxy groups -OCH3 is 1. The topological polar surface area (TPSA) is 83.1 Å². The van der Waals surface area contributed by atoms with Gasteiger partial charge in [0.05, 0.1) is 24.6 Å². The molecule has 8 heteroatoms. The lowest BCUT2D eigenvalue weighted by Crippen LogP contribution is -2.28. The van der Waals surface area contributed by atoms with Crippen LogP contribution in [0.15, 0.2) is 30.6 Å². The first-order valence-electron chi connectivity index (χ1n) is 7.12. The second kappa shape index (κ2) is 6.53. The van der Waals surface area contributed by atoms with Gasteiger partial charge in [-0.1, -0.05) is 29.5 Å². The number of fused-ring (bicyclic) bond motifs is 1. The van der Waals surface area contributed by atoms with E-state index in [9.17, 15) is 10.2 Å². The third-order valence-electron chi connectivity index (χ3n) is 3.71. The fourth-order valence-corrected chi connectivity index (χ4v) is 3.74. The van der Waals surface area contributed by atoms with Gasteiger partial charge in [0, 0.05) is 12.1 Å². The smallest absolute Gasteiger partial charge is 0.230 e. The highest BCUT2D eigenvalue weighted by atomic mass is 32.1. The van der Waals surface area contributed by atoms with Crippen LogP contribution in [-0.4, -0.2) is 57.0 Å². The van der Waals surface area contributed by atoms with Gasteiger partial charge in [-0.25, -0.2) is 4.98 Å². The van der Waals surface area contributed by atoms with Gasteiger partial charge in [-0.05, 0) is 13.1 Å². The number of para-hydroxylation sites is 1. The predicted molar refractivity (Wildman–Crippen MR) is 87.1 cm³/mol. The van der Waals surface area contributed by atoms with Gasteiger partial charge in [0.25, 0.3) is 0 Å². The van der Waals surface area contributed by atoms with E-state index in [0.29, 0.717) is 16.4 Å². The van der Waals surface area contributed by atoms with Crippen molar-refractivity contribution in [3.8, 4) is 11.6 Å². The molecule has 0 aliphatic carbocycles. The highest BCUT2D eigenvalue weighted by Crippen LogP contribution is 2.41. The molecule has 0 radical (unpaired) electrons. The van der Waals surface area contributed by atoms with Gasteiger partial charge in [0.15, 0.2) is 0 Å². The summed E-state index contributed by atoms with van der Waals surface area (Å²) < 4.78 is 6.88. The number of aromatic nitrogens is 3. The predicted octanol–water partition coefficient (Wildman–Crippen LogP) is 1.52. The van der Waals surface area contributed by atoms with Gasteiger partial charge in [0.1, 0.15) is 12.1 Å².